The molecule has 4 aromatic rings. The van der Waals surface area contributed by atoms with Crippen LogP contribution in [0.1, 0.15) is 22.9 Å². The van der Waals surface area contributed by atoms with Crippen LogP contribution >= 0.6 is 0 Å². The average Bonchev–Trinajstić information content (AvgIpc) is 3.06. The Balaban J connectivity index is 1.52. The number of carbonyl (C=O) groups is 1. The zero-order valence-electron chi connectivity index (χ0n) is 18.4. The molecular formula is C22H19F3N8O. The van der Waals surface area contributed by atoms with E-state index >= 15 is 0 Å². The first-order chi connectivity index (χ1) is 16.1. The van der Waals surface area contributed by atoms with E-state index in [1.165, 1.54) is 17.7 Å². The fraction of sp³-hybridized carbons (Fsp3) is 0.227. The van der Waals surface area contributed by atoms with E-state index in [1.54, 1.807) is 50.8 Å². The quantitative estimate of drug-likeness (QED) is 0.475. The van der Waals surface area contributed by atoms with E-state index < -0.39 is 17.9 Å². The van der Waals surface area contributed by atoms with Gasteiger partial charge in [0.2, 0.25) is 11.7 Å². The maximum absolute atomic E-state index is 13.2. The number of amides is 1. The van der Waals surface area contributed by atoms with E-state index in [2.05, 4.69) is 35.3 Å². The average molecular weight is 468 g/mol. The van der Waals surface area contributed by atoms with Crippen LogP contribution in [0.3, 0.4) is 0 Å². The highest BCUT2D eigenvalue weighted by Crippen LogP contribution is 2.31. The molecule has 0 aliphatic carbocycles. The summed E-state index contributed by atoms with van der Waals surface area (Å²) >= 11 is 0. The lowest BCUT2D eigenvalue weighted by molar-refractivity contribution is -0.145. The summed E-state index contributed by atoms with van der Waals surface area (Å²) in [5.74, 6) is -1.28. The Hall–Kier alpha value is -4.22. The number of pyridine rings is 1. The first kappa shape index (κ1) is 23.0. The molecule has 34 heavy (non-hydrogen) atoms. The maximum atomic E-state index is 13.2. The second kappa shape index (κ2) is 8.96. The summed E-state index contributed by atoms with van der Waals surface area (Å²) in [5, 5.41) is 7.00. The molecule has 0 radical (unpaired) electrons. The number of halogens is 3. The fourth-order valence-electron chi connectivity index (χ4n) is 3.43. The number of nitrogens with one attached hydrogen (secondary N) is 1. The van der Waals surface area contributed by atoms with E-state index in [9.17, 15) is 18.0 Å². The zero-order chi connectivity index (χ0) is 24.5. The molecule has 174 valence electrons. The molecule has 1 N–H and O–H groups in total. The molecule has 0 saturated heterocycles. The van der Waals surface area contributed by atoms with Gasteiger partial charge in [-0.15, -0.1) is 0 Å². The monoisotopic (exact) mass is 468 g/mol. The van der Waals surface area contributed by atoms with Gasteiger partial charge in [-0.2, -0.15) is 18.3 Å². The third kappa shape index (κ3) is 4.90. The summed E-state index contributed by atoms with van der Waals surface area (Å²) in [7, 11) is 0. The van der Waals surface area contributed by atoms with Crippen molar-refractivity contribution in [1.29, 1.82) is 0 Å². The van der Waals surface area contributed by atoms with Gasteiger partial charge in [0.1, 0.15) is 12.4 Å². The molecule has 0 aromatic carbocycles. The van der Waals surface area contributed by atoms with Crippen molar-refractivity contribution >= 4 is 11.7 Å². The number of rotatable bonds is 5. The Morgan fingerprint density at radius 3 is 2.47 bits per heavy atom. The number of anilines is 1. The molecule has 12 heteroatoms. The van der Waals surface area contributed by atoms with Crippen LogP contribution in [0.15, 0.2) is 43.0 Å². The molecule has 0 spiro atoms. The van der Waals surface area contributed by atoms with Crippen LogP contribution in [0.2, 0.25) is 0 Å². The molecule has 4 heterocycles. The van der Waals surface area contributed by atoms with Gasteiger partial charge in [0.05, 0.1) is 23.3 Å². The first-order valence-corrected chi connectivity index (χ1v) is 10.1. The summed E-state index contributed by atoms with van der Waals surface area (Å²) in [5.41, 5.74) is 3.05. The SMILES string of the molecule is Cc1cc(-c2c(C)nn(CC(=O)Nc3ccc(-c4cnccn4)cn3)c2C)nc(C(F)(F)F)n1. The molecule has 9 nitrogen and oxygen atoms in total. The summed E-state index contributed by atoms with van der Waals surface area (Å²) in [6.45, 7) is 4.62. The number of aryl methyl sites for hydroxylation is 2. The number of nitrogens with zero attached hydrogens (tertiary/aromatic N) is 7. The van der Waals surface area contributed by atoms with Crippen molar-refractivity contribution in [3.05, 3.63) is 65.9 Å². The van der Waals surface area contributed by atoms with Gasteiger partial charge in [-0.25, -0.2) is 15.0 Å². The van der Waals surface area contributed by atoms with Gasteiger partial charge in [0.25, 0.3) is 0 Å². The molecule has 1 amide bonds. The molecule has 4 aromatic heterocycles. The van der Waals surface area contributed by atoms with E-state index in [0.29, 0.717) is 28.5 Å². The minimum absolute atomic E-state index is 0.0998. The predicted octanol–water partition coefficient (Wildman–Crippen LogP) is 3.77. The second-order valence-electron chi connectivity index (χ2n) is 7.49. The Morgan fingerprint density at radius 2 is 1.82 bits per heavy atom. The predicted molar refractivity (Wildman–Crippen MR) is 116 cm³/mol. The summed E-state index contributed by atoms with van der Waals surface area (Å²) in [4.78, 5) is 32.2. The lowest BCUT2D eigenvalue weighted by Gasteiger charge is -2.10. The van der Waals surface area contributed by atoms with Gasteiger partial charge in [0.15, 0.2) is 0 Å². The van der Waals surface area contributed by atoms with Crippen molar-refractivity contribution in [3.63, 3.8) is 0 Å². The van der Waals surface area contributed by atoms with Gasteiger partial charge < -0.3 is 5.32 Å². The molecule has 0 aliphatic heterocycles. The molecule has 0 bridgehead atoms. The smallest absolute Gasteiger partial charge is 0.309 e. The Labute approximate surface area is 192 Å². The Kier molecular flexibility index (Phi) is 6.05. The third-order valence-corrected chi connectivity index (χ3v) is 4.93. The molecule has 4 rings (SSSR count). The van der Waals surface area contributed by atoms with Crippen LogP contribution in [0.25, 0.3) is 22.5 Å². The Bertz CT molecular complexity index is 1340. The number of alkyl halides is 3. The lowest BCUT2D eigenvalue weighted by Crippen LogP contribution is -2.21. The molecular weight excluding hydrogens is 449 g/mol. The number of carbonyl (C=O) groups excluding carboxylic acids is 1. The number of hydrogen-bond acceptors (Lipinski definition) is 7. The van der Waals surface area contributed by atoms with E-state index in [1.807, 2.05) is 0 Å². The van der Waals surface area contributed by atoms with Crippen LogP contribution in [-0.2, 0) is 17.5 Å². The molecule has 0 aliphatic rings. The largest absolute Gasteiger partial charge is 0.451 e. The van der Waals surface area contributed by atoms with Crippen molar-refractivity contribution in [2.24, 2.45) is 0 Å². The standard InChI is InChI=1S/C22H19F3N8O/c1-12-8-16(30-21(29-12)22(23,24)25)20-13(2)32-33(14(20)3)11-19(34)31-18-5-4-15(9-28-18)17-10-26-6-7-27-17/h4-10H,11H2,1-3H3,(H,28,31,34). The van der Waals surface area contributed by atoms with Crippen molar-refractivity contribution < 1.29 is 18.0 Å². The highest BCUT2D eigenvalue weighted by atomic mass is 19.4. The van der Waals surface area contributed by atoms with Crippen molar-refractivity contribution in [1.82, 2.24) is 34.7 Å². The second-order valence-corrected chi connectivity index (χ2v) is 7.49. The number of hydrogen-bond donors (Lipinski definition) is 1. The zero-order valence-corrected chi connectivity index (χ0v) is 18.4. The maximum Gasteiger partial charge on any atom is 0.451 e. The van der Waals surface area contributed by atoms with Gasteiger partial charge in [0, 0.05) is 41.1 Å². The third-order valence-electron chi connectivity index (χ3n) is 4.93. The summed E-state index contributed by atoms with van der Waals surface area (Å²) < 4.78 is 40.9. The van der Waals surface area contributed by atoms with Gasteiger partial charge in [-0.05, 0) is 39.0 Å². The Morgan fingerprint density at radius 1 is 1.03 bits per heavy atom. The van der Waals surface area contributed by atoms with Crippen LogP contribution in [0.5, 0.6) is 0 Å². The number of aromatic nitrogens is 7. The highest BCUT2D eigenvalue weighted by Gasteiger charge is 2.35. The molecule has 0 fully saturated rings. The molecule has 0 unspecified atom stereocenters. The van der Waals surface area contributed by atoms with Crippen molar-refractivity contribution in [2.45, 2.75) is 33.5 Å². The molecule has 0 saturated carbocycles. The van der Waals surface area contributed by atoms with E-state index in [-0.39, 0.29) is 17.9 Å². The minimum Gasteiger partial charge on any atom is -0.309 e. The van der Waals surface area contributed by atoms with Gasteiger partial charge in [-0.1, -0.05) is 0 Å². The topological polar surface area (TPSA) is 111 Å². The van der Waals surface area contributed by atoms with Crippen LogP contribution < -0.4 is 5.32 Å². The minimum atomic E-state index is -4.67. The highest BCUT2D eigenvalue weighted by molar-refractivity contribution is 5.89. The lowest BCUT2D eigenvalue weighted by atomic mass is 10.1. The fourth-order valence-corrected chi connectivity index (χ4v) is 3.43. The van der Waals surface area contributed by atoms with Gasteiger partial charge >= 0.3 is 6.18 Å². The van der Waals surface area contributed by atoms with Gasteiger partial charge in [-0.3, -0.25) is 19.4 Å². The van der Waals surface area contributed by atoms with Crippen LogP contribution in [0, 0.1) is 20.8 Å². The normalized spacial score (nSPS) is 11.5. The molecule has 0 atom stereocenters. The van der Waals surface area contributed by atoms with Crippen molar-refractivity contribution in [2.75, 3.05) is 5.32 Å². The van der Waals surface area contributed by atoms with Crippen LogP contribution in [0.4, 0.5) is 19.0 Å². The van der Waals surface area contributed by atoms with Crippen molar-refractivity contribution in [3.8, 4) is 22.5 Å². The summed E-state index contributed by atoms with van der Waals surface area (Å²) in [6, 6.07) is 4.85. The van der Waals surface area contributed by atoms with Crippen LogP contribution in [-0.4, -0.2) is 40.6 Å². The summed E-state index contributed by atoms with van der Waals surface area (Å²) in [6.07, 6.45) is 1.63. The van der Waals surface area contributed by atoms with E-state index in [0.717, 1.165) is 5.56 Å². The first-order valence-electron chi connectivity index (χ1n) is 10.1. The van der Waals surface area contributed by atoms with E-state index in [4.69, 9.17) is 0 Å².